The summed E-state index contributed by atoms with van der Waals surface area (Å²) >= 11 is 0. The van der Waals surface area contributed by atoms with Crippen molar-refractivity contribution < 1.29 is 19.4 Å². The number of ether oxygens (including phenoxy) is 2. The number of aliphatic hydroxyl groups excluding tert-OH is 1. The average Bonchev–Trinajstić information content (AvgIpc) is 2.66. The molecule has 0 saturated carbocycles. The maximum Gasteiger partial charge on any atom is 0.330 e. The molecule has 2 atom stereocenters. The Balaban J connectivity index is 1.95. The lowest BCUT2D eigenvalue weighted by molar-refractivity contribution is -0.138. The van der Waals surface area contributed by atoms with Gasteiger partial charge in [-0.25, -0.2) is 4.79 Å². The van der Waals surface area contributed by atoms with E-state index in [1.165, 1.54) is 28.9 Å². The van der Waals surface area contributed by atoms with Crippen molar-refractivity contribution in [3.8, 4) is 0 Å². The molecule has 0 saturated heterocycles. The van der Waals surface area contributed by atoms with Crippen LogP contribution in [0.5, 0.6) is 0 Å². The van der Waals surface area contributed by atoms with E-state index < -0.39 is 6.29 Å². The van der Waals surface area contributed by atoms with Crippen LogP contribution in [0.4, 0.5) is 0 Å². The third-order valence-electron chi connectivity index (χ3n) is 4.45. The van der Waals surface area contributed by atoms with Gasteiger partial charge in [0.2, 0.25) is 6.29 Å². The molecule has 0 aromatic carbocycles. The highest BCUT2D eigenvalue weighted by atomic mass is 16.6. The third kappa shape index (κ3) is 5.61. The summed E-state index contributed by atoms with van der Waals surface area (Å²) in [7, 11) is 0. The number of hydrogen-bond donors (Lipinski definition) is 1. The Kier molecular flexibility index (Phi) is 7.02. The van der Waals surface area contributed by atoms with E-state index in [0.717, 1.165) is 31.4 Å². The maximum atomic E-state index is 11.2. The smallest absolute Gasteiger partial charge is 0.330 e. The molecule has 0 bridgehead atoms. The number of allylic oxidation sites excluding steroid dienone is 7. The summed E-state index contributed by atoms with van der Waals surface area (Å²) in [5.41, 5.74) is 3.94. The van der Waals surface area contributed by atoms with Crippen molar-refractivity contribution in [2.45, 2.75) is 38.9 Å². The number of hydrogen-bond acceptors (Lipinski definition) is 4. The normalized spacial score (nSPS) is 19.4. The molecule has 0 aromatic heterocycles. The van der Waals surface area contributed by atoms with E-state index in [9.17, 15) is 9.90 Å². The molecule has 134 valence electrons. The van der Waals surface area contributed by atoms with Crippen molar-refractivity contribution in [2.75, 3.05) is 6.61 Å². The molecule has 2 unspecified atom stereocenters. The zero-order valence-corrected chi connectivity index (χ0v) is 14.7. The third-order valence-corrected chi connectivity index (χ3v) is 4.45. The highest BCUT2D eigenvalue weighted by molar-refractivity contribution is 5.81. The summed E-state index contributed by atoms with van der Waals surface area (Å²) in [6, 6.07) is 0. The molecular formula is C21H26O4. The number of carbonyl (C=O) groups excluding carboxylic acids is 1. The predicted molar refractivity (Wildman–Crippen MR) is 98.4 cm³/mol. The molecule has 0 spiro atoms. The van der Waals surface area contributed by atoms with E-state index >= 15 is 0 Å². The van der Waals surface area contributed by atoms with Gasteiger partial charge in [0.15, 0.2) is 0 Å². The summed E-state index contributed by atoms with van der Waals surface area (Å²) in [4.78, 5) is 11.2. The lowest BCUT2D eigenvalue weighted by Gasteiger charge is -2.23. The number of esters is 1. The first kappa shape index (κ1) is 19.0. The van der Waals surface area contributed by atoms with Crippen LogP contribution in [0, 0.1) is 5.92 Å². The fourth-order valence-electron chi connectivity index (χ4n) is 2.89. The van der Waals surface area contributed by atoms with Crippen LogP contribution in [0.1, 0.15) is 32.6 Å². The minimum Gasteiger partial charge on any atom is -0.466 e. The Morgan fingerprint density at radius 3 is 2.36 bits per heavy atom. The van der Waals surface area contributed by atoms with Gasteiger partial charge in [-0.05, 0) is 42.6 Å². The first-order valence-electron chi connectivity index (χ1n) is 8.59. The fourth-order valence-corrected chi connectivity index (χ4v) is 2.89. The van der Waals surface area contributed by atoms with E-state index in [1.807, 2.05) is 6.08 Å². The van der Waals surface area contributed by atoms with Crippen LogP contribution in [-0.2, 0) is 14.3 Å². The molecule has 2 aliphatic rings. The van der Waals surface area contributed by atoms with Crippen LogP contribution in [0.15, 0.2) is 72.1 Å². The summed E-state index contributed by atoms with van der Waals surface area (Å²) in [5, 5.41) is 9.44. The first-order valence-corrected chi connectivity index (χ1v) is 8.59. The standard InChI is InChI=1S/C21H26O4/c1-4-20(22)24-14-15(3)16-6-8-17(9-7-16)18-10-12-19(13-11-18)25-21(23)5-2/h4-6,8,10,12,15,21,23H,1-2,7,9,11,13-14H2,3H3. The summed E-state index contributed by atoms with van der Waals surface area (Å²) in [6.07, 6.45) is 13.5. The lowest BCUT2D eigenvalue weighted by Crippen LogP contribution is -2.14. The van der Waals surface area contributed by atoms with Gasteiger partial charge in [-0.3, -0.25) is 0 Å². The molecule has 0 fully saturated rings. The molecule has 2 rings (SSSR count). The molecule has 0 aliphatic heterocycles. The predicted octanol–water partition coefficient (Wildman–Crippen LogP) is 4.12. The van der Waals surface area contributed by atoms with E-state index in [1.54, 1.807) is 0 Å². The lowest BCUT2D eigenvalue weighted by atomic mass is 9.85. The molecule has 4 heteroatoms. The second-order valence-corrected chi connectivity index (χ2v) is 6.24. The molecule has 0 heterocycles. The number of carbonyl (C=O) groups is 1. The average molecular weight is 342 g/mol. The second-order valence-electron chi connectivity index (χ2n) is 6.24. The van der Waals surface area contributed by atoms with Gasteiger partial charge in [0.05, 0.1) is 6.61 Å². The maximum absolute atomic E-state index is 11.2. The molecule has 0 amide bonds. The number of aliphatic hydroxyl groups is 1. The quantitative estimate of drug-likeness (QED) is 0.312. The van der Waals surface area contributed by atoms with Crippen LogP contribution in [0.25, 0.3) is 0 Å². The van der Waals surface area contributed by atoms with E-state index in [0.29, 0.717) is 6.61 Å². The number of rotatable bonds is 8. The Morgan fingerprint density at radius 1 is 1.16 bits per heavy atom. The molecule has 0 aromatic rings. The monoisotopic (exact) mass is 342 g/mol. The first-order chi connectivity index (χ1) is 12.0. The minimum atomic E-state index is -0.947. The van der Waals surface area contributed by atoms with Crippen molar-refractivity contribution in [1.29, 1.82) is 0 Å². The van der Waals surface area contributed by atoms with E-state index in [4.69, 9.17) is 9.47 Å². The van der Waals surface area contributed by atoms with E-state index in [2.05, 4.69) is 38.3 Å². The van der Waals surface area contributed by atoms with Crippen molar-refractivity contribution in [2.24, 2.45) is 5.92 Å². The minimum absolute atomic E-state index is 0.210. The molecule has 2 aliphatic carbocycles. The van der Waals surface area contributed by atoms with Crippen molar-refractivity contribution in [3.05, 3.63) is 72.1 Å². The Bertz CT molecular complexity index is 649. The Hall–Kier alpha value is -2.33. The second kappa shape index (κ2) is 9.23. The SMILES string of the molecule is C=CC(=O)OCC(C)C1=CC=C(C2=CC=C(OC(O)C=C)CC2)CC1. The van der Waals surface area contributed by atoms with Crippen LogP contribution >= 0.6 is 0 Å². The van der Waals surface area contributed by atoms with Crippen molar-refractivity contribution >= 4 is 5.97 Å². The summed E-state index contributed by atoms with van der Waals surface area (Å²) in [5.74, 6) is 0.613. The van der Waals surface area contributed by atoms with Crippen LogP contribution < -0.4 is 0 Å². The highest BCUT2D eigenvalue weighted by Crippen LogP contribution is 2.32. The molecular weight excluding hydrogens is 316 g/mol. The van der Waals surface area contributed by atoms with Gasteiger partial charge in [0.25, 0.3) is 0 Å². The zero-order valence-electron chi connectivity index (χ0n) is 14.7. The highest BCUT2D eigenvalue weighted by Gasteiger charge is 2.18. The topological polar surface area (TPSA) is 55.8 Å². The van der Waals surface area contributed by atoms with Gasteiger partial charge >= 0.3 is 5.97 Å². The van der Waals surface area contributed by atoms with Gasteiger partial charge in [-0.1, -0.05) is 43.9 Å². The van der Waals surface area contributed by atoms with Crippen molar-refractivity contribution in [1.82, 2.24) is 0 Å². The fraction of sp³-hybridized carbons (Fsp3) is 0.381. The van der Waals surface area contributed by atoms with Crippen LogP contribution in [0.3, 0.4) is 0 Å². The van der Waals surface area contributed by atoms with Gasteiger partial charge in [-0.2, -0.15) is 0 Å². The Labute approximate surface area is 149 Å². The van der Waals surface area contributed by atoms with Gasteiger partial charge in [0, 0.05) is 18.4 Å². The van der Waals surface area contributed by atoms with Gasteiger partial charge in [-0.15, -0.1) is 0 Å². The molecule has 4 nitrogen and oxygen atoms in total. The zero-order chi connectivity index (χ0) is 18.2. The Morgan fingerprint density at radius 2 is 1.84 bits per heavy atom. The summed E-state index contributed by atoms with van der Waals surface area (Å²) in [6.45, 7) is 9.35. The largest absolute Gasteiger partial charge is 0.466 e. The summed E-state index contributed by atoms with van der Waals surface area (Å²) < 4.78 is 10.5. The van der Waals surface area contributed by atoms with Gasteiger partial charge in [0.1, 0.15) is 5.76 Å². The molecule has 25 heavy (non-hydrogen) atoms. The van der Waals surface area contributed by atoms with Gasteiger partial charge < -0.3 is 14.6 Å². The van der Waals surface area contributed by atoms with Crippen LogP contribution in [0.2, 0.25) is 0 Å². The van der Waals surface area contributed by atoms with Crippen LogP contribution in [-0.4, -0.2) is 24.0 Å². The van der Waals surface area contributed by atoms with Crippen molar-refractivity contribution in [3.63, 3.8) is 0 Å². The molecule has 1 N–H and O–H groups in total. The molecule has 0 radical (unpaired) electrons. The van der Waals surface area contributed by atoms with E-state index in [-0.39, 0.29) is 11.9 Å².